The summed E-state index contributed by atoms with van der Waals surface area (Å²) in [7, 11) is 1.70. The second-order valence-corrected chi connectivity index (χ2v) is 4.62. The molecule has 0 radical (unpaired) electrons. The molecule has 0 unspecified atom stereocenters. The number of rotatable bonds is 5. The van der Waals surface area contributed by atoms with E-state index in [1.54, 1.807) is 7.11 Å². The summed E-state index contributed by atoms with van der Waals surface area (Å²) in [5.74, 6) is 0.638. The summed E-state index contributed by atoms with van der Waals surface area (Å²) in [4.78, 5) is 11.5. The Labute approximate surface area is 86.2 Å². The van der Waals surface area contributed by atoms with E-state index in [-0.39, 0.29) is 11.5 Å². The van der Waals surface area contributed by atoms with Crippen molar-refractivity contribution in [3.05, 3.63) is 0 Å². The van der Waals surface area contributed by atoms with E-state index in [2.05, 4.69) is 19.2 Å². The van der Waals surface area contributed by atoms with Crippen molar-refractivity contribution >= 4 is 5.91 Å². The number of ether oxygens (including phenoxy) is 1. The summed E-state index contributed by atoms with van der Waals surface area (Å²) in [6.45, 7) is 4.95. The second-order valence-electron chi connectivity index (χ2n) is 4.62. The van der Waals surface area contributed by atoms with Gasteiger partial charge in [0.25, 0.3) is 0 Å². The van der Waals surface area contributed by atoms with E-state index >= 15 is 0 Å². The van der Waals surface area contributed by atoms with Gasteiger partial charge in [-0.1, -0.05) is 13.8 Å². The maximum Gasteiger partial charge on any atom is 0.222 e. The fourth-order valence-corrected chi connectivity index (χ4v) is 1.70. The van der Waals surface area contributed by atoms with E-state index in [1.165, 1.54) is 6.42 Å². The molecule has 0 atom stereocenters. The predicted molar refractivity (Wildman–Crippen MR) is 56.1 cm³/mol. The average Bonchev–Trinajstić information content (AvgIpc) is 2.08. The summed E-state index contributed by atoms with van der Waals surface area (Å²) in [5, 5.41) is 2.92. The van der Waals surface area contributed by atoms with Gasteiger partial charge in [-0.3, -0.25) is 4.79 Å². The third kappa shape index (κ3) is 2.98. The highest BCUT2D eigenvalue weighted by atomic mass is 16.5. The van der Waals surface area contributed by atoms with Crippen molar-refractivity contribution in [2.45, 2.75) is 45.1 Å². The van der Waals surface area contributed by atoms with Crippen LogP contribution in [0.3, 0.4) is 0 Å². The topological polar surface area (TPSA) is 38.3 Å². The molecule has 1 saturated carbocycles. The lowest BCUT2D eigenvalue weighted by Gasteiger charge is -2.39. The lowest BCUT2D eigenvalue weighted by Crippen LogP contribution is -2.44. The van der Waals surface area contributed by atoms with Gasteiger partial charge < -0.3 is 10.1 Å². The molecule has 1 fully saturated rings. The Morgan fingerprint density at radius 3 is 2.50 bits per heavy atom. The number of carbonyl (C=O) groups excluding carboxylic acids is 1. The zero-order valence-electron chi connectivity index (χ0n) is 9.43. The zero-order valence-corrected chi connectivity index (χ0v) is 9.43. The third-order valence-electron chi connectivity index (χ3n) is 2.89. The first-order chi connectivity index (χ1) is 6.58. The van der Waals surface area contributed by atoms with Gasteiger partial charge in [0.1, 0.15) is 0 Å². The normalized spacial score (nSPS) is 19.1. The van der Waals surface area contributed by atoms with Gasteiger partial charge in [0.2, 0.25) is 5.91 Å². The van der Waals surface area contributed by atoms with Crippen molar-refractivity contribution in [1.29, 1.82) is 0 Å². The lowest BCUT2D eigenvalue weighted by molar-refractivity contribution is -0.134. The third-order valence-corrected chi connectivity index (χ3v) is 2.89. The van der Waals surface area contributed by atoms with Gasteiger partial charge in [-0.2, -0.15) is 0 Å². The van der Waals surface area contributed by atoms with Crippen LogP contribution in [0.25, 0.3) is 0 Å². The molecule has 3 nitrogen and oxygen atoms in total. The highest BCUT2D eigenvalue weighted by Crippen LogP contribution is 2.37. The van der Waals surface area contributed by atoms with E-state index in [1.807, 2.05) is 0 Å². The second kappa shape index (κ2) is 4.78. The van der Waals surface area contributed by atoms with E-state index in [4.69, 9.17) is 4.74 Å². The van der Waals surface area contributed by atoms with E-state index in [0.29, 0.717) is 12.3 Å². The molecule has 0 heterocycles. The van der Waals surface area contributed by atoms with Gasteiger partial charge in [0.05, 0.1) is 12.0 Å². The smallest absolute Gasteiger partial charge is 0.222 e. The molecule has 1 amide bonds. The maximum absolute atomic E-state index is 11.5. The Morgan fingerprint density at radius 2 is 2.14 bits per heavy atom. The molecule has 1 aliphatic carbocycles. The standard InChI is InChI=1S/C11H21NO2/c1-9(2)8-12-10(13)7-11(14-3)5-4-6-11/h9H,4-8H2,1-3H3,(H,12,13). The summed E-state index contributed by atoms with van der Waals surface area (Å²) in [6, 6.07) is 0. The van der Waals surface area contributed by atoms with Crippen LogP contribution in [0.1, 0.15) is 39.5 Å². The Balaban J connectivity index is 2.25. The van der Waals surface area contributed by atoms with Crippen LogP contribution in [0.15, 0.2) is 0 Å². The summed E-state index contributed by atoms with van der Waals surface area (Å²) in [6.07, 6.45) is 3.76. The largest absolute Gasteiger partial charge is 0.378 e. The summed E-state index contributed by atoms with van der Waals surface area (Å²) >= 11 is 0. The molecule has 0 aromatic heterocycles. The molecular weight excluding hydrogens is 178 g/mol. The number of amides is 1. The molecule has 0 saturated heterocycles. The Hall–Kier alpha value is -0.570. The molecule has 0 aromatic rings. The lowest BCUT2D eigenvalue weighted by atomic mass is 9.77. The fraction of sp³-hybridized carbons (Fsp3) is 0.909. The number of carbonyl (C=O) groups is 1. The zero-order chi connectivity index (χ0) is 10.6. The van der Waals surface area contributed by atoms with Crippen molar-refractivity contribution in [3.63, 3.8) is 0 Å². The Morgan fingerprint density at radius 1 is 1.50 bits per heavy atom. The highest BCUT2D eigenvalue weighted by Gasteiger charge is 2.38. The van der Waals surface area contributed by atoms with E-state index in [9.17, 15) is 4.79 Å². The van der Waals surface area contributed by atoms with Gasteiger partial charge in [-0.25, -0.2) is 0 Å². The molecule has 0 aliphatic heterocycles. The Kier molecular flexibility index (Phi) is 3.93. The highest BCUT2D eigenvalue weighted by molar-refractivity contribution is 5.77. The van der Waals surface area contributed by atoms with Crippen LogP contribution < -0.4 is 5.32 Å². The van der Waals surface area contributed by atoms with Gasteiger partial charge in [-0.15, -0.1) is 0 Å². The molecule has 0 spiro atoms. The van der Waals surface area contributed by atoms with Crippen LogP contribution in [0, 0.1) is 5.92 Å². The molecular formula is C11H21NO2. The minimum atomic E-state index is -0.138. The molecule has 0 bridgehead atoms. The Bertz CT molecular complexity index is 192. The van der Waals surface area contributed by atoms with Crippen molar-refractivity contribution < 1.29 is 9.53 Å². The van der Waals surface area contributed by atoms with Crippen molar-refractivity contribution in [3.8, 4) is 0 Å². The number of nitrogens with one attached hydrogen (secondary N) is 1. The SMILES string of the molecule is COC1(CC(=O)NCC(C)C)CCC1. The summed E-state index contributed by atoms with van der Waals surface area (Å²) in [5.41, 5.74) is -0.138. The minimum Gasteiger partial charge on any atom is -0.378 e. The van der Waals surface area contributed by atoms with Crippen LogP contribution >= 0.6 is 0 Å². The molecule has 1 N–H and O–H groups in total. The predicted octanol–water partition coefficient (Wildman–Crippen LogP) is 1.72. The first-order valence-electron chi connectivity index (χ1n) is 5.40. The van der Waals surface area contributed by atoms with E-state index in [0.717, 1.165) is 19.4 Å². The molecule has 82 valence electrons. The van der Waals surface area contributed by atoms with Crippen molar-refractivity contribution in [2.75, 3.05) is 13.7 Å². The van der Waals surface area contributed by atoms with Crippen LogP contribution in [0.4, 0.5) is 0 Å². The average molecular weight is 199 g/mol. The maximum atomic E-state index is 11.5. The van der Waals surface area contributed by atoms with Crippen LogP contribution in [-0.4, -0.2) is 25.2 Å². The number of methoxy groups -OCH3 is 1. The minimum absolute atomic E-state index is 0.125. The van der Waals surface area contributed by atoms with Gasteiger partial charge >= 0.3 is 0 Å². The molecule has 14 heavy (non-hydrogen) atoms. The number of hydrogen-bond donors (Lipinski definition) is 1. The van der Waals surface area contributed by atoms with Gasteiger partial charge in [-0.05, 0) is 25.2 Å². The number of hydrogen-bond acceptors (Lipinski definition) is 2. The molecule has 3 heteroatoms. The molecule has 1 rings (SSSR count). The quantitative estimate of drug-likeness (QED) is 0.732. The first-order valence-corrected chi connectivity index (χ1v) is 5.40. The van der Waals surface area contributed by atoms with Gasteiger partial charge in [0, 0.05) is 13.7 Å². The van der Waals surface area contributed by atoms with Crippen molar-refractivity contribution in [1.82, 2.24) is 5.32 Å². The van der Waals surface area contributed by atoms with Crippen LogP contribution in [-0.2, 0) is 9.53 Å². The fourth-order valence-electron chi connectivity index (χ4n) is 1.70. The molecule has 1 aliphatic rings. The monoisotopic (exact) mass is 199 g/mol. The van der Waals surface area contributed by atoms with Gasteiger partial charge in [0.15, 0.2) is 0 Å². The first kappa shape index (κ1) is 11.5. The molecule has 0 aromatic carbocycles. The van der Waals surface area contributed by atoms with E-state index < -0.39 is 0 Å². The van der Waals surface area contributed by atoms with Crippen molar-refractivity contribution in [2.24, 2.45) is 5.92 Å². The van der Waals surface area contributed by atoms with Crippen LogP contribution in [0.2, 0.25) is 0 Å². The van der Waals surface area contributed by atoms with Crippen LogP contribution in [0.5, 0.6) is 0 Å². The summed E-state index contributed by atoms with van der Waals surface area (Å²) < 4.78 is 5.39.